The van der Waals surface area contributed by atoms with Crippen LogP contribution >= 0.6 is 11.3 Å². The van der Waals surface area contributed by atoms with Crippen molar-refractivity contribution in [2.45, 2.75) is 39.2 Å². The van der Waals surface area contributed by atoms with Gasteiger partial charge in [-0.1, -0.05) is 6.07 Å². The Morgan fingerprint density at radius 1 is 1.00 bits per heavy atom. The number of nitrogens with zero attached hydrogens (tertiary/aromatic N) is 2. The van der Waals surface area contributed by atoms with E-state index in [1.807, 2.05) is 0 Å². The zero-order chi connectivity index (χ0) is 24.0. The Balaban J connectivity index is 1.99. The van der Waals surface area contributed by atoms with Crippen LogP contribution in [0.1, 0.15) is 18.7 Å². The quantitative estimate of drug-likeness (QED) is 0.344. The van der Waals surface area contributed by atoms with Crippen LogP contribution in [0, 0.1) is 0 Å². The Bertz CT molecular complexity index is 1030. The van der Waals surface area contributed by atoms with E-state index in [1.54, 1.807) is 54.7 Å². The smallest absolute Gasteiger partial charge is 0.387 e. The molecule has 1 N–H and O–H groups in total. The summed E-state index contributed by atoms with van der Waals surface area (Å²) in [6.45, 7) is -2.84. The molecule has 0 aliphatic heterocycles. The van der Waals surface area contributed by atoms with Gasteiger partial charge in [0.1, 0.15) is 12.4 Å². The fourth-order valence-corrected chi connectivity index (χ4v) is 3.44. The first-order valence-electron chi connectivity index (χ1n) is 9.74. The summed E-state index contributed by atoms with van der Waals surface area (Å²) >= 11 is 1.39. The molecule has 0 spiro atoms. The third-order valence-corrected chi connectivity index (χ3v) is 4.95. The van der Waals surface area contributed by atoms with Crippen LogP contribution in [0.2, 0.25) is 0 Å². The molecule has 0 atom stereocenters. The summed E-state index contributed by atoms with van der Waals surface area (Å²) in [5, 5.41) is 9.92. The van der Waals surface area contributed by atoms with Crippen molar-refractivity contribution in [3.63, 3.8) is 0 Å². The predicted octanol–water partition coefficient (Wildman–Crippen LogP) is 5.83. The van der Waals surface area contributed by atoms with Crippen LogP contribution in [0.15, 0.2) is 54.2 Å². The maximum absolute atomic E-state index is 12.9. The monoisotopic (exact) mass is 486 g/mol. The summed E-state index contributed by atoms with van der Waals surface area (Å²) in [7, 11) is 0. The molecule has 1 aromatic heterocycles. The summed E-state index contributed by atoms with van der Waals surface area (Å²) in [4.78, 5) is 6.67. The van der Waals surface area contributed by atoms with Crippen molar-refractivity contribution in [1.29, 1.82) is 0 Å². The molecule has 178 valence electrons. The van der Waals surface area contributed by atoms with E-state index in [2.05, 4.69) is 14.5 Å². The number of aliphatic hydroxyl groups is 1. The van der Waals surface area contributed by atoms with Gasteiger partial charge in [0.2, 0.25) is 0 Å². The summed E-state index contributed by atoms with van der Waals surface area (Å²) < 4.78 is 65.6. The molecule has 1 heterocycles. The van der Waals surface area contributed by atoms with E-state index in [0.717, 1.165) is 10.9 Å². The molecule has 2 aromatic carbocycles. The Hall–Kier alpha value is -3.05. The maximum atomic E-state index is 12.9. The van der Waals surface area contributed by atoms with E-state index in [9.17, 15) is 22.7 Å². The van der Waals surface area contributed by atoms with Crippen molar-refractivity contribution in [3.05, 3.63) is 59.0 Å². The van der Waals surface area contributed by atoms with Gasteiger partial charge in [-0.05, 0) is 38.1 Å². The first-order valence-corrected chi connectivity index (χ1v) is 10.6. The third-order valence-electron chi connectivity index (χ3n) is 4.19. The van der Waals surface area contributed by atoms with Gasteiger partial charge in [-0.2, -0.15) is 17.6 Å². The summed E-state index contributed by atoms with van der Waals surface area (Å²) in [5.41, 5.74) is 1.63. The maximum Gasteiger partial charge on any atom is 0.387 e. The number of hydrogen-bond acceptors (Lipinski definition) is 7. The van der Waals surface area contributed by atoms with Gasteiger partial charge >= 0.3 is 13.2 Å². The fourth-order valence-electron chi connectivity index (χ4n) is 2.85. The minimum atomic E-state index is -3.23. The lowest BCUT2D eigenvalue weighted by molar-refractivity contribution is -0.0692. The SMILES string of the molecule is CC(C)(O)COc1cccc(N(Cc2cncs2)c2ccc(OC(F)F)c(OC(F)F)c2)c1. The normalized spacial score (nSPS) is 11.7. The largest absolute Gasteiger partial charge is 0.491 e. The van der Waals surface area contributed by atoms with Gasteiger partial charge in [0.05, 0.1) is 17.7 Å². The molecule has 0 fully saturated rings. The zero-order valence-electron chi connectivity index (χ0n) is 17.8. The van der Waals surface area contributed by atoms with Crippen molar-refractivity contribution < 1.29 is 36.9 Å². The highest BCUT2D eigenvalue weighted by molar-refractivity contribution is 7.09. The number of alkyl halides is 4. The number of anilines is 2. The van der Waals surface area contributed by atoms with E-state index in [1.165, 1.54) is 23.5 Å². The second kappa shape index (κ2) is 10.7. The van der Waals surface area contributed by atoms with Crippen molar-refractivity contribution in [2.75, 3.05) is 11.5 Å². The number of benzene rings is 2. The molecule has 3 aromatic rings. The van der Waals surface area contributed by atoms with E-state index in [0.29, 0.717) is 23.7 Å². The molecule has 11 heteroatoms. The molecule has 33 heavy (non-hydrogen) atoms. The lowest BCUT2D eigenvalue weighted by atomic mass is 10.1. The Morgan fingerprint density at radius 2 is 1.70 bits per heavy atom. The van der Waals surface area contributed by atoms with E-state index >= 15 is 0 Å². The highest BCUT2D eigenvalue weighted by Gasteiger charge is 2.20. The summed E-state index contributed by atoms with van der Waals surface area (Å²) in [6, 6.07) is 10.7. The Morgan fingerprint density at radius 3 is 2.33 bits per heavy atom. The van der Waals surface area contributed by atoms with Crippen molar-refractivity contribution in [3.8, 4) is 17.2 Å². The van der Waals surface area contributed by atoms with Gasteiger partial charge < -0.3 is 24.2 Å². The van der Waals surface area contributed by atoms with Gasteiger partial charge in [0.15, 0.2) is 11.5 Å². The molecule has 0 saturated carbocycles. The van der Waals surface area contributed by atoms with Crippen LogP contribution in [-0.2, 0) is 6.54 Å². The van der Waals surface area contributed by atoms with Crippen molar-refractivity contribution in [2.24, 2.45) is 0 Å². The molecule has 0 bridgehead atoms. The highest BCUT2D eigenvalue weighted by atomic mass is 32.1. The van der Waals surface area contributed by atoms with E-state index in [-0.39, 0.29) is 6.61 Å². The van der Waals surface area contributed by atoms with Crippen LogP contribution < -0.4 is 19.1 Å². The van der Waals surface area contributed by atoms with Crippen LogP contribution in [0.5, 0.6) is 17.2 Å². The number of ether oxygens (including phenoxy) is 3. The fraction of sp³-hybridized carbons (Fsp3) is 0.318. The lowest BCUT2D eigenvalue weighted by Crippen LogP contribution is -2.27. The second-order valence-corrected chi connectivity index (χ2v) is 8.51. The molecule has 0 aliphatic rings. The number of thiazole rings is 1. The summed E-state index contributed by atoms with van der Waals surface area (Å²) in [6.07, 6.45) is 1.66. The molecule has 0 amide bonds. The van der Waals surface area contributed by atoms with Gasteiger partial charge in [-0.25, -0.2) is 0 Å². The molecular weight excluding hydrogens is 464 g/mol. The minimum absolute atomic E-state index is 0.0529. The topological polar surface area (TPSA) is 64.1 Å². The molecule has 6 nitrogen and oxygen atoms in total. The minimum Gasteiger partial charge on any atom is -0.491 e. The first kappa shape index (κ1) is 24.6. The molecule has 0 saturated heterocycles. The third kappa shape index (κ3) is 7.50. The highest BCUT2D eigenvalue weighted by Crippen LogP contribution is 2.38. The van der Waals surface area contributed by atoms with Crippen LogP contribution in [-0.4, -0.2) is 35.5 Å². The molecule has 0 unspecified atom stereocenters. The number of halogens is 4. The predicted molar refractivity (Wildman–Crippen MR) is 116 cm³/mol. The lowest BCUT2D eigenvalue weighted by Gasteiger charge is -2.26. The van der Waals surface area contributed by atoms with E-state index < -0.39 is 30.3 Å². The van der Waals surface area contributed by atoms with Gasteiger partial charge in [-0.3, -0.25) is 4.98 Å². The van der Waals surface area contributed by atoms with Crippen LogP contribution in [0.4, 0.5) is 28.9 Å². The van der Waals surface area contributed by atoms with Gasteiger partial charge in [0, 0.05) is 34.6 Å². The van der Waals surface area contributed by atoms with Gasteiger partial charge in [-0.15, -0.1) is 11.3 Å². The first-order chi connectivity index (χ1) is 15.6. The number of hydrogen-bond donors (Lipinski definition) is 1. The van der Waals surface area contributed by atoms with Crippen LogP contribution in [0.3, 0.4) is 0 Å². The standard InChI is InChI=1S/C22H22F4N2O4S/c1-22(2,29)12-30-16-5-3-4-14(8-16)28(11-17-10-27-13-33-17)15-6-7-18(31-20(23)24)19(9-15)32-21(25)26/h3-10,13,20-21,29H,11-12H2,1-2H3. The number of rotatable bonds is 11. The Labute approximate surface area is 192 Å². The van der Waals surface area contributed by atoms with Gasteiger partial charge in [0.25, 0.3) is 0 Å². The molecule has 3 rings (SSSR count). The van der Waals surface area contributed by atoms with Crippen LogP contribution in [0.25, 0.3) is 0 Å². The van der Waals surface area contributed by atoms with E-state index in [4.69, 9.17) is 4.74 Å². The Kier molecular flexibility index (Phi) is 7.98. The molecular formula is C22H22F4N2O4S. The zero-order valence-corrected chi connectivity index (χ0v) is 18.6. The molecule has 0 aliphatic carbocycles. The number of aromatic nitrogens is 1. The second-order valence-electron chi connectivity index (χ2n) is 7.54. The average Bonchev–Trinajstić information content (AvgIpc) is 3.24. The molecule has 0 radical (unpaired) electrons. The average molecular weight is 486 g/mol. The summed E-state index contributed by atoms with van der Waals surface area (Å²) in [5.74, 6) is -0.550. The van der Waals surface area contributed by atoms with Crippen molar-refractivity contribution in [1.82, 2.24) is 4.98 Å². The van der Waals surface area contributed by atoms with Crippen molar-refractivity contribution >= 4 is 22.7 Å².